The lowest BCUT2D eigenvalue weighted by Crippen LogP contribution is -2.51. The Morgan fingerprint density at radius 2 is 2.29 bits per heavy atom. The number of likely N-dealkylation sites (tertiary alicyclic amines) is 1. The highest BCUT2D eigenvalue weighted by atomic mass is 35.5. The third-order valence-electron chi connectivity index (χ3n) is 2.57. The Balaban J connectivity index is 2.64. The van der Waals surface area contributed by atoms with Gasteiger partial charge in [0.1, 0.15) is 6.04 Å². The van der Waals surface area contributed by atoms with Crippen LogP contribution in [0.2, 0.25) is 0 Å². The average Bonchev–Trinajstić information content (AvgIpc) is 2.50. The van der Waals surface area contributed by atoms with Gasteiger partial charge in [-0.3, -0.25) is 14.5 Å². The minimum atomic E-state index is -0.600. The number of carbonyl (C=O) groups excluding carboxylic acids is 3. The molecule has 1 atom stereocenters. The van der Waals surface area contributed by atoms with Crippen molar-refractivity contribution in [3.63, 3.8) is 0 Å². The van der Waals surface area contributed by atoms with Crippen molar-refractivity contribution in [2.75, 3.05) is 19.0 Å². The second-order valence-corrected chi connectivity index (χ2v) is 4.12. The summed E-state index contributed by atoms with van der Waals surface area (Å²) in [4.78, 5) is 35.2. The lowest BCUT2D eigenvalue weighted by Gasteiger charge is -2.22. The molecule has 96 valence electrons. The molecule has 1 saturated heterocycles. The lowest BCUT2D eigenvalue weighted by molar-refractivity contribution is -0.131. The van der Waals surface area contributed by atoms with Crippen LogP contribution in [0.4, 0.5) is 4.79 Å². The number of hydrogen-bond acceptors (Lipinski definition) is 3. The molecule has 1 aliphatic heterocycles. The van der Waals surface area contributed by atoms with Gasteiger partial charge < -0.3 is 10.6 Å². The molecule has 0 aromatic rings. The lowest BCUT2D eigenvalue weighted by atomic mass is 10.1. The Bertz CT molecular complexity index is 299. The first-order chi connectivity index (χ1) is 8.20. The van der Waals surface area contributed by atoms with Gasteiger partial charge in [-0.1, -0.05) is 0 Å². The molecule has 0 aliphatic carbocycles. The van der Waals surface area contributed by atoms with Crippen molar-refractivity contribution in [3.05, 3.63) is 0 Å². The zero-order valence-corrected chi connectivity index (χ0v) is 10.2. The highest BCUT2D eigenvalue weighted by Crippen LogP contribution is 2.12. The van der Waals surface area contributed by atoms with Crippen LogP contribution in [0.5, 0.6) is 0 Å². The van der Waals surface area contributed by atoms with Gasteiger partial charge in [-0.2, -0.15) is 0 Å². The molecule has 2 N–H and O–H groups in total. The predicted molar refractivity (Wildman–Crippen MR) is 62.7 cm³/mol. The maximum absolute atomic E-state index is 12.0. The molecule has 1 rings (SSSR count). The smallest absolute Gasteiger partial charge is 0.324 e. The zero-order valence-electron chi connectivity index (χ0n) is 9.45. The molecular formula is C10H16ClN3O3. The zero-order chi connectivity index (χ0) is 12.7. The third-order valence-corrected chi connectivity index (χ3v) is 2.76. The number of rotatable bonds is 4. The van der Waals surface area contributed by atoms with Crippen LogP contribution in [0.1, 0.15) is 19.3 Å². The molecule has 1 aliphatic rings. The number of carbonyl (C=O) groups is 3. The Morgan fingerprint density at radius 3 is 2.94 bits per heavy atom. The number of alkyl halides is 1. The number of imide groups is 1. The number of urea groups is 1. The monoisotopic (exact) mass is 261 g/mol. The van der Waals surface area contributed by atoms with Crippen LogP contribution in [-0.4, -0.2) is 48.3 Å². The maximum Gasteiger partial charge on any atom is 0.324 e. The second kappa shape index (κ2) is 7.11. The largest absolute Gasteiger partial charge is 0.347 e. The van der Waals surface area contributed by atoms with Crippen LogP contribution in [0.3, 0.4) is 0 Å². The van der Waals surface area contributed by atoms with E-state index in [1.807, 2.05) is 0 Å². The first-order valence-corrected chi connectivity index (χ1v) is 6.09. The van der Waals surface area contributed by atoms with Crippen molar-refractivity contribution in [1.82, 2.24) is 15.5 Å². The number of nitrogens with one attached hydrogen (secondary N) is 2. The van der Waals surface area contributed by atoms with E-state index in [2.05, 4.69) is 10.6 Å². The number of nitrogens with zero attached hydrogens (tertiary/aromatic N) is 1. The summed E-state index contributed by atoms with van der Waals surface area (Å²) in [6, 6.07) is -1.05. The molecule has 0 saturated carbocycles. The Morgan fingerprint density at radius 1 is 1.53 bits per heavy atom. The van der Waals surface area contributed by atoms with Gasteiger partial charge in [-0.25, -0.2) is 4.79 Å². The van der Waals surface area contributed by atoms with Gasteiger partial charge in [0.25, 0.3) is 5.91 Å². The van der Waals surface area contributed by atoms with E-state index in [-0.39, 0.29) is 5.91 Å². The Hall–Kier alpha value is -1.30. The topological polar surface area (TPSA) is 78.5 Å². The number of halogens is 1. The molecule has 0 aromatic heterocycles. The van der Waals surface area contributed by atoms with E-state index in [9.17, 15) is 14.4 Å². The highest BCUT2D eigenvalue weighted by molar-refractivity contribution is 6.18. The molecule has 0 unspecified atom stereocenters. The summed E-state index contributed by atoms with van der Waals surface area (Å²) in [6.07, 6.45) is 2.60. The van der Waals surface area contributed by atoms with E-state index in [4.69, 9.17) is 11.6 Å². The summed E-state index contributed by atoms with van der Waals surface area (Å²) in [6.45, 7) is 0.694. The summed E-state index contributed by atoms with van der Waals surface area (Å²) in [5, 5.41) is 4.98. The van der Waals surface area contributed by atoms with Crippen molar-refractivity contribution in [2.24, 2.45) is 0 Å². The molecule has 0 spiro atoms. The quantitative estimate of drug-likeness (QED) is 0.555. The minimum absolute atomic E-state index is 0.295. The van der Waals surface area contributed by atoms with E-state index in [0.29, 0.717) is 31.8 Å². The Kier molecular flexibility index (Phi) is 5.76. The second-order valence-electron chi connectivity index (χ2n) is 3.74. The van der Waals surface area contributed by atoms with Crippen molar-refractivity contribution >= 4 is 29.9 Å². The van der Waals surface area contributed by atoms with Crippen LogP contribution in [0.25, 0.3) is 0 Å². The molecule has 1 fully saturated rings. The van der Waals surface area contributed by atoms with Gasteiger partial charge in [0.05, 0.1) is 0 Å². The summed E-state index contributed by atoms with van der Waals surface area (Å²) in [5.41, 5.74) is 0. The SMILES string of the molecule is O=CN[C@H]1CCCCN(C(=O)NCCCl)C1=O. The van der Waals surface area contributed by atoms with Crippen molar-refractivity contribution in [1.29, 1.82) is 0 Å². The molecule has 0 bridgehead atoms. The van der Waals surface area contributed by atoms with Crippen LogP contribution < -0.4 is 10.6 Å². The summed E-state index contributed by atoms with van der Waals surface area (Å²) >= 11 is 5.45. The van der Waals surface area contributed by atoms with E-state index < -0.39 is 12.1 Å². The van der Waals surface area contributed by atoms with E-state index in [0.717, 1.165) is 17.7 Å². The van der Waals surface area contributed by atoms with Crippen molar-refractivity contribution in [3.8, 4) is 0 Å². The molecule has 1 heterocycles. The van der Waals surface area contributed by atoms with Crippen LogP contribution in [0.15, 0.2) is 0 Å². The first kappa shape index (κ1) is 13.8. The van der Waals surface area contributed by atoms with E-state index in [1.165, 1.54) is 0 Å². The summed E-state index contributed by atoms with van der Waals surface area (Å²) in [5.74, 6) is -0.0641. The van der Waals surface area contributed by atoms with Gasteiger partial charge in [0, 0.05) is 19.0 Å². The summed E-state index contributed by atoms with van der Waals surface area (Å²) in [7, 11) is 0. The highest BCUT2D eigenvalue weighted by Gasteiger charge is 2.30. The van der Waals surface area contributed by atoms with E-state index >= 15 is 0 Å². The normalized spacial score (nSPS) is 20.6. The molecule has 6 nitrogen and oxygen atoms in total. The van der Waals surface area contributed by atoms with Gasteiger partial charge in [-0.05, 0) is 19.3 Å². The van der Waals surface area contributed by atoms with Gasteiger partial charge >= 0.3 is 6.03 Å². The standard InChI is InChI=1S/C10H16ClN3O3/c11-4-5-12-10(17)14-6-2-1-3-8(9(14)16)13-7-15/h7-8H,1-6H2,(H,12,17)(H,13,15)/t8-/m0/s1. The molecular weight excluding hydrogens is 246 g/mol. The predicted octanol–water partition coefficient (Wildman–Crippen LogP) is 0.0619. The minimum Gasteiger partial charge on any atom is -0.347 e. The molecule has 17 heavy (non-hydrogen) atoms. The fourth-order valence-electron chi connectivity index (χ4n) is 1.73. The molecule has 4 amide bonds. The summed E-state index contributed by atoms with van der Waals surface area (Å²) < 4.78 is 0. The van der Waals surface area contributed by atoms with Gasteiger partial charge in [0.15, 0.2) is 0 Å². The fourth-order valence-corrected chi connectivity index (χ4v) is 1.82. The third kappa shape index (κ3) is 3.89. The van der Waals surface area contributed by atoms with Crippen LogP contribution in [-0.2, 0) is 9.59 Å². The fraction of sp³-hybridized carbons (Fsp3) is 0.700. The van der Waals surface area contributed by atoms with Crippen molar-refractivity contribution < 1.29 is 14.4 Å². The van der Waals surface area contributed by atoms with Crippen molar-refractivity contribution in [2.45, 2.75) is 25.3 Å². The first-order valence-electron chi connectivity index (χ1n) is 5.55. The van der Waals surface area contributed by atoms with Gasteiger partial charge in [0.2, 0.25) is 6.41 Å². The molecule has 0 radical (unpaired) electrons. The number of hydrogen-bond donors (Lipinski definition) is 2. The maximum atomic E-state index is 12.0. The number of amides is 4. The van der Waals surface area contributed by atoms with Crippen LogP contribution >= 0.6 is 11.6 Å². The van der Waals surface area contributed by atoms with Gasteiger partial charge in [-0.15, -0.1) is 11.6 Å². The molecule has 7 heteroatoms. The average molecular weight is 262 g/mol. The Labute approximate surface area is 105 Å². The van der Waals surface area contributed by atoms with Crippen LogP contribution in [0, 0.1) is 0 Å². The molecule has 0 aromatic carbocycles. The van der Waals surface area contributed by atoms with E-state index in [1.54, 1.807) is 0 Å².